The topological polar surface area (TPSA) is 94.7 Å². The largest absolute Gasteiger partial charge is 0.469 e. The van der Waals surface area contributed by atoms with E-state index in [1.54, 1.807) is 0 Å². The SMILES string of the molecule is COC(=O)C1CC(F)C(C2CC2)CC1NC(=O)C1CCC(N2CCNC2)NN1. The van der Waals surface area contributed by atoms with E-state index in [9.17, 15) is 14.0 Å². The van der Waals surface area contributed by atoms with E-state index in [0.717, 1.165) is 39.0 Å². The summed E-state index contributed by atoms with van der Waals surface area (Å²) in [6.07, 6.45) is 3.56. The number of amides is 1. The average Bonchev–Trinajstić information content (AvgIpc) is 3.41. The highest BCUT2D eigenvalue weighted by atomic mass is 19.1. The second-order valence-electron chi connectivity index (χ2n) is 8.64. The molecule has 0 radical (unpaired) electrons. The Morgan fingerprint density at radius 3 is 2.57 bits per heavy atom. The number of alkyl halides is 1. The molecule has 158 valence electrons. The van der Waals surface area contributed by atoms with Crippen molar-refractivity contribution in [2.75, 3.05) is 26.9 Å². The number of nitrogens with zero attached hydrogens (tertiary/aromatic N) is 1. The molecule has 4 N–H and O–H groups in total. The molecule has 8 nitrogen and oxygen atoms in total. The van der Waals surface area contributed by atoms with Gasteiger partial charge >= 0.3 is 5.97 Å². The van der Waals surface area contributed by atoms with Crippen LogP contribution in [0.15, 0.2) is 0 Å². The minimum absolute atomic E-state index is 0.0595. The fraction of sp³-hybridized carbons (Fsp3) is 0.895. The van der Waals surface area contributed by atoms with Gasteiger partial charge in [0, 0.05) is 25.8 Å². The van der Waals surface area contributed by atoms with Crippen molar-refractivity contribution in [2.45, 2.75) is 62.9 Å². The van der Waals surface area contributed by atoms with Gasteiger partial charge in [-0.05, 0) is 50.4 Å². The van der Waals surface area contributed by atoms with Gasteiger partial charge in [-0.1, -0.05) is 0 Å². The van der Waals surface area contributed by atoms with Gasteiger partial charge in [0.15, 0.2) is 0 Å². The van der Waals surface area contributed by atoms with Crippen molar-refractivity contribution in [2.24, 2.45) is 17.8 Å². The van der Waals surface area contributed by atoms with Crippen molar-refractivity contribution in [1.82, 2.24) is 26.4 Å². The van der Waals surface area contributed by atoms with Crippen LogP contribution in [0.1, 0.15) is 38.5 Å². The van der Waals surface area contributed by atoms with Crippen LogP contribution in [0.25, 0.3) is 0 Å². The van der Waals surface area contributed by atoms with Gasteiger partial charge in [0.25, 0.3) is 0 Å². The van der Waals surface area contributed by atoms with Gasteiger partial charge in [0.2, 0.25) is 5.91 Å². The van der Waals surface area contributed by atoms with E-state index in [-0.39, 0.29) is 36.5 Å². The van der Waals surface area contributed by atoms with Crippen molar-refractivity contribution >= 4 is 11.9 Å². The third-order valence-corrected chi connectivity index (χ3v) is 6.82. The number of esters is 1. The Morgan fingerprint density at radius 2 is 1.96 bits per heavy atom. The van der Waals surface area contributed by atoms with E-state index < -0.39 is 18.1 Å². The molecule has 6 atom stereocenters. The summed E-state index contributed by atoms with van der Waals surface area (Å²) in [6.45, 7) is 2.83. The van der Waals surface area contributed by atoms with Crippen molar-refractivity contribution < 1.29 is 18.7 Å². The highest BCUT2D eigenvalue weighted by Gasteiger charge is 2.47. The molecule has 2 aliphatic carbocycles. The van der Waals surface area contributed by atoms with Crippen LogP contribution in [0.2, 0.25) is 0 Å². The Labute approximate surface area is 165 Å². The molecule has 2 saturated heterocycles. The van der Waals surface area contributed by atoms with Gasteiger partial charge in [-0.2, -0.15) is 0 Å². The summed E-state index contributed by atoms with van der Waals surface area (Å²) in [4.78, 5) is 27.3. The van der Waals surface area contributed by atoms with Crippen molar-refractivity contribution in [3.63, 3.8) is 0 Å². The number of carbonyl (C=O) groups is 2. The molecular formula is C19H32FN5O3. The molecule has 2 aliphatic heterocycles. The molecule has 0 aromatic heterocycles. The molecule has 0 aromatic rings. The summed E-state index contributed by atoms with van der Waals surface area (Å²) in [5.41, 5.74) is 6.37. The van der Waals surface area contributed by atoms with Gasteiger partial charge in [-0.3, -0.25) is 14.5 Å². The maximum absolute atomic E-state index is 14.6. The minimum atomic E-state index is -0.992. The Hall–Kier alpha value is -1.29. The summed E-state index contributed by atoms with van der Waals surface area (Å²) >= 11 is 0. The predicted molar refractivity (Wildman–Crippen MR) is 100 cm³/mol. The summed E-state index contributed by atoms with van der Waals surface area (Å²) in [5.74, 6) is -0.832. The first kappa shape index (κ1) is 20.0. The smallest absolute Gasteiger partial charge is 0.310 e. The van der Waals surface area contributed by atoms with Gasteiger partial charge in [-0.25, -0.2) is 15.2 Å². The highest BCUT2D eigenvalue weighted by Crippen LogP contribution is 2.46. The molecule has 1 amide bonds. The van der Waals surface area contributed by atoms with Gasteiger partial charge < -0.3 is 15.4 Å². The van der Waals surface area contributed by atoms with Gasteiger partial charge in [0.1, 0.15) is 12.2 Å². The van der Waals surface area contributed by atoms with Crippen molar-refractivity contribution in [1.29, 1.82) is 0 Å². The molecule has 2 saturated carbocycles. The van der Waals surface area contributed by atoms with Crippen LogP contribution in [0.4, 0.5) is 4.39 Å². The van der Waals surface area contributed by atoms with Crippen LogP contribution in [0, 0.1) is 17.8 Å². The van der Waals surface area contributed by atoms with Crippen LogP contribution in [0.3, 0.4) is 0 Å². The van der Waals surface area contributed by atoms with Gasteiger partial charge in [0.05, 0.1) is 19.2 Å². The highest BCUT2D eigenvalue weighted by molar-refractivity contribution is 5.83. The molecule has 9 heteroatoms. The molecule has 2 heterocycles. The van der Waals surface area contributed by atoms with E-state index >= 15 is 0 Å². The number of rotatable bonds is 5. The predicted octanol–water partition coefficient (Wildman–Crippen LogP) is -0.136. The average molecular weight is 397 g/mol. The molecule has 28 heavy (non-hydrogen) atoms. The third kappa shape index (κ3) is 4.32. The monoisotopic (exact) mass is 397 g/mol. The van der Waals surface area contributed by atoms with E-state index in [0.29, 0.717) is 18.8 Å². The number of hydrogen-bond donors (Lipinski definition) is 4. The number of hydrogen-bond acceptors (Lipinski definition) is 7. The number of methoxy groups -OCH3 is 1. The molecule has 4 aliphatic rings. The fourth-order valence-corrected chi connectivity index (χ4v) is 4.98. The van der Waals surface area contributed by atoms with Crippen LogP contribution in [-0.2, 0) is 14.3 Å². The van der Waals surface area contributed by atoms with Crippen LogP contribution < -0.4 is 21.5 Å². The molecule has 0 spiro atoms. The lowest BCUT2D eigenvalue weighted by atomic mass is 9.74. The molecule has 4 fully saturated rings. The standard InChI is InChI=1S/C19H32FN5O3/c1-28-19(27)13-8-14(20)12(11-2-3-11)9-16(13)22-18(26)15-4-5-17(24-23-15)25-7-6-21-10-25/h11-17,21,23-24H,2-10H2,1H3,(H,22,26). The Kier molecular flexibility index (Phi) is 6.15. The minimum Gasteiger partial charge on any atom is -0.469 e. The number of carbonyl (C=O) groups excluding carboxylic acids is 2. The number of ether oxygens (including phenoxy) is 1. The fourth-order valence-electron chi connectivity index (χ4n) is 4.98. The van der Waals surface area contributed by atoms with E-state index in [4.69, 9.17) is 4.74 Å². The van der Waals surface area contributed by atoms with E-state index in [1.807, 2.05) is 0 Å². The summed E-state index contributed by atoms with van der Waals surface area (Å²) < 4.78 is 19.5. The zero-order valence-electron chi connectivity index (χ0n) is 16.5. The van der Waals surface area contributed by atoms with Crippen LogP contribution >= 0.6 is 0 Å². The maximum Gasteiger partial charge on any atom is 0.310 e. The molecular weight excluding hydrogens is 365 g/mol. The Balaban J connectivity index is 1.34. The quantitative estimate of drug-likeness (QED) is 0.480. The second-order valence-corrected chi connectivity index (χ2v) is 8.64. The maximum atomic E-state index is 14.6. The lowest BCUT2D eigenvalue weighted by Crippen LogP contribution is -2.63. The molecule has 0 aromatic carbocycles. The summed E-state index contributed by atoms with van der Waals surface area (Å²) in [6, 6.07) is -0.715. The number of halogens is 1. The number of nitrogens with one attached hydrogen (secondary N) is 4. The molecule has 0 bridgehead atoms. The van der Waals surface area contributed by atoms with Gasteiger partial charge in [-0.15, -0.1) is 0 Å². The van der Waals surface area contributed by atoms with E-state index in [1.165, 1.54) is 7.11 Å². The summed E-state index contributed by atoms with van der Waals surface area (Å²) in [5, 5.41) is 6.34. The Bertz CT molecular complexity index is 576. The first-order chi connectivity index (χ1) is 13.6. The zero-order chi connectivity index (χ0) is 19.7. The number of hydrazine groups is 1. The lowest BCUT2D eigenvalue weighted by molar-refractivity contribution is -0.150. The zero-order valence-corrected chi connectivity index (χ0v) is 16.5. The normalized spacial score (nSPS) is 39.5. The van der Waals surface area contributed by atoms with E-state index in [2.05, 4.69) is 26.4 Å². The van der Waals surface area contributed by atoms with Crippen LogP contribution in [0.5, 0.6) is 0 Å². The lowest BCUT2D eigenvalue weighted by Gasteiger charge is -2.39. The summed E-state index contributed by atoms with van der Waals surface area (Å²) in [7, 11) is 1.32. The molecule has 4 rings (SSSR count). The Morgan fingerprint density at radius 1 is 1.14 bits per heavy atom. The second kappa shape index (κ2) is 8.61. The third-order valence-electron chi connectivity index (χ3n) is 6.82. The van der Waals surface area contributed by atoms with Crippen LogP contribution in [-0.4, -0.2) is 68.1 Å². The first-order valence-electron chi connectivity index (χ1n) is 10.5. The first-order valence-corrected chi connectivity index (χ1v) is 10.5. The van der Waals surface area contributed by atoms with Crippen molar-refractivity contribution in [3.8, 4) is 0 Å². The van der Waals surface area contributed by atoms with Crippen molar-refractivity contribution in [3.05, 3.63) is 0 Å². The molecule has 6 unspecified atom stereocenters.